The molecule has 0 aliphatic carbocycles. The normalized spacial score (nSPS) is 11.3. The standard InChI is InChI=1S/C17H24N4O2/c1-5-10-18-16(22)19-11-14-20-15(21-23-14)12-6-8-13(9-7-12)17(2,3)4/h6-9H,5,10-11H2,1-4H3,(H2,18,19,22). The van der Waals surface area contributed by atoms with Crippen LogP contribution in [0.5, 0.6) is 0 Å². The molecule has 0 atom stereocenters. The van der Waals surface area contributed by atoms with Gasteiger partial charge in [-0.25, -0.2) is 4.79 Å². The fourth-order valence-electron chi connectivity index (χ4n) is 2.02. The second-order valence-corrected chi connectivity index (χ2v) is 6.45. The van der Waals surface area contributed by atoms with Gasteiger partial charge in [-0.3, -0.25) is 0 Å². The zero-order valence-electron chi connectivity index (χ0n) is 14.1. The average molecular weight is 316 g/mol. The van der Waals surface area contributed by atoms with E-state index in [4.69, 9.17) is 4.52 Å². The topological polar surface area (TPSA) is 80.0 Å². The van der Waals surface area contributed by atoms with E-state index in [0.717, 1.165) is 12.0 Å². The molecule has 0 unspecified atom stereocenters. The summed E-state index contributed by atoms with van der Waals surface area (Å²) in [5, 5.41) is 9.36. The van der Waals surface area contributed by atoms with E-state index in [2.05, 4.69) is 53.7 Å². The molecule has 2 amide bonds. The third kappa shape index (κ3) is 4.81. The number of hydrogen-bond donors (Lipinski definition) is 2. The minimum absolute atomic E-state index is 0.108. The summed E-state index contributed by atoms with van der Waals surface area (Å²) < 4.78 is 5.17. The Morgan fingerprint density at radius 1 is 1.17 bits per heavy atom. The van der Waals surface area contributed by atoms with E-state index in [1.807, 2.05) is 19.1 Å². The molecule has 2 rings (SSSR count). The van der Waals surface area contributed by atoms with Crippen molar-refractivity contribution in [2.45, 2.75) is 46.1 Å². The zero-order valence-corrected chi connectivity index (χ0v) is 14.1. The SMILES string of the molecule is CCCNC(=O)NCc1nc(-c2ccc(C(C)(C)C)cc2)no1. The van der Waals surface area contributed by atoms with E-state index in [0.29, 0.717) is 18.3 Å². The molecule has 0 aliphatic rings. The maximum Gasteiger partial charge on any atom is 0.315 e. The molecule has 6 nitrogen and oxygen atoms in total. The monoisotopic (exact) mass is 316 g/mol. The first-order valence-corrected chi connectivity index (χ1v) is 7.85. The first-order chi connectivity index (χ1) is 10.9. The van der Waals surface area contributed by atoms with Gasteiger partial charge in [-0.05, 0) is 17.4 Å². The first-order valence-electron chi connectivity index (χ1n) is 7.85. The Kier molecular flexibility index (Phi) is 5.36. The molecule has 2 N–H and O–H groups in total. The minimum atomic E-state index is -0.235. The highest BCUT2D eigenvalue weighted by Gasteiger charge is 2.14. The van der Waals surface area contributed by atoms with Crippen LogP contribution in [0.25, 0.3) is 11.4 Å². The van der Waals surface area contributed by atoms with Gasteiger partial charge >= 0.3 is 6.03 Å². The molecular formula is C17H24N4O2. The van der Waals surface area contributed by atoms with E-state index in [1.165, 1.54) is 5.56 Å². The van der Waals surface area contributed by atoms with Crippen LogP contribution in [0.2, 0.25) is 0 Å². The number of hydrogen-bond acceptors (Lipinski definition) is 4. The van der Waals surface area contributed by atoms with E-state index in [1.54, 1.807) is 0 Å². The van der Waals surface area contributed by atoms with Gasteiger partial charge in [0.05, 0.1) is 6.54 Å². The van der Waals surface area contributed by atoms with Crippen molar-refractivity contribution in [3.63, 3.8) is 0 Å². The Balaban J connectivity index is 1.98. The van der Waals surface area contributed by atoms with Crippen LogP contribution < -0.4 is 10.6 Å². The number of aromatic nitrogens is 2. The Morgan fingerprint density at radius 2 is 1.87 bits per heavy atom. The van der Waals surface area contributed by atoms with Gasteiger partial charge in [-0.2, -0.15) is 4.98 Å². The summed E-state index contributed by atoms with van der Waals surface area (Å²) in [5.74, 6) is 0.905. The lowest BCUT2D eigenvalue weighted by Crippen LogP contribution is -2.35. The van der Waals surface area contributed by atoms with Crippen LogP contribution in [0.3, 0.4) is 0 Å². The van der Waals surface area contributed by atoms with Gasteiger partial charge in [-0.1, -0.05) is 57.1 Å². The Morgan fingerprint density at radius 3 is 2.48 bits per heavy atom. The zero-order chi connectivity index (χ0) is 16.9. The summed E-state index contributed by atoms with van der Waals surface area (Å²) in [7, 11) is 0. The van der Waals surface area contributed by atoms with Crippen LogP contribution in [-0.4, -0.2) is 22.7 Å². The molecule has 0 aliphatic heterocycles. The van der Waals surface area contributed by atoms with Gasteiger partial charge in [0.2, 0.25) is 11.7 Å². The third-order valence-electron chi connectivity index (χ3n) is 3.41. The predicted octanol–water partition coefficient (Wildman–Crippen LogP) is 3.24. The number of amides is 2. The molecule has 6 heteroatoms. The van der Waals surface area contributed by atoms with Gasteiger partial charge < -0.3 is 15.2 Å². The maximum absolute atomic E-state index is 11.5. The molecular weight excluding hydrogens is 292 g/mol. The molecule has 1 heterocycles. The van der Waals surface area contributed by atoms with Gasteiger partial charge in [-0.15, -0.1) is 0 Å². The molecule has 0 saturated carbocycles. The van der Waals surface area contributed by atoms with Crippen molar-refractivity contribution in [2.75, 3.05) is 6.54 Å². The average Bonchev–Trinajstić information content (AvgIpc) is 2.99. The van der Waals surface area contributed by atoms with Crippen LogP contribution in [0.1, 0.15) is 45.6 Å². The van der Waals surface area contributed by atoms with E-state index in [-0.39, 0.29) is 18.0 Å². The quantitative estimate of drug-likeness (QED) is 0.887. The van der Waals surface area contributed by atoms with Crippen LogP contribution in [-0.2, 0) is 12.0 Å². The van der Waals surface area contributed by atoms with Crippen molar-refractivity contribution in [1.82, 2.24) is 20.8 Å². The molecule has 2 aromatic rings. The number of rotatable bonds is 5. The second-order valence-electron chi connectivity index (χ2n) is 6.45. The van der Waals surface area contributed by atoms with Gasteiger partial charge in [0.25, 0.3) is 0 Å². The molecule has 1 aromatic heterocycles. The maximum atomic E-state index is 11.5. The van der Waals surface area contributed by atoms with Gasteiger partial charge in [0.15, 0.2) is 0 Å². The van der Waals surface area contributed by atoms with Gasteiger partial charge in [0, 0.05) is 12.1 Å². The number of urea groups is 1. The van der Waals surface area contributed by atoms with E-state index < -0.39 is 0 Å². The number of nitrogens with one attached hydrogen (secondary N) is 2. The smallest absolute Gasteiger partial charge is 0.315 e. The molecule has 0 spiro atoms. The summed E-state index contributed by atoms with van der Waals surface area (Å²) in [5.41, 5.74) is 2.25. The summed E-state index contributed by atoms with van der Waals surface area (Å²) >= 11 is 0. The Labute approximate surface area is 136 Å². The van der Waals surface area contributed by atoms with E-state index in [9.17, 15) is 4.79 Å². The molecule has 23 heavy (non-hydrogen) atoms. The summed E-state index contributed by atoms with van der Waals surface area (Å²) in [4.78, 5) is 15.8. The van der Waals surface area contributed by atoms with Crippen molar-refractivity contribution < 1.29 is 9.32 Å². The lowest BCUT2D eigenvalue weighted by atomic mass is 9.87. The van der Waals surface area contributed by atoms with Crippen LogP contribution >= 0.6 is 0 Å². The van der Waals surface area contributed by atoms with Crippen molar-refractivity contribution >= 4 is 6.03 Å². The molecule has 1 aromatic carbocycles. The summed E-state index contributed by atoms with van der Waals surface area (Å²) in [6, 6.07) is 7.87. The van der Waals surface area contributed by atoms with Crippen LogP contribution in [0, 0.1) is 0 Å². The van der Waals surface area contributed by atoms with Crippen molar-refractivity contribution in [1.29, 1.82) is 0 Å². The second kappa shape index (κ2) is 7.26. The molecule has 0 bridgehead atoms. The summed E-state index contributed by atoms with van der Waals surface area (Å²) in [6.07, 6.45) is 0.892. The number of benzene rings is 1. The Hall–Kier alpha value is -2.37. The van der Waals surface area contributed by atoms with Crippen molar-refractivity contribution in [3.8, 4) is 11.4 Å². The molecule has 0 radical (unpaired) electrons. The van der Waals surface area contributed by atoms with E-state index >= 15 is 0 Å². The predicted molar refractivity (Wildman–Crippen MR) is 89.0 cm³/mol. The summed E-state index contributed by atoms with van der Waals surface area (Å²) in [6.45, 7) is 9.36. The highest BCUT2D eigenvalue weighted by molar-refractivity contribution is 5.73. The van der Waals surface area contributed by atoms with Crippen LogP contribution in [0.15, 0.2) is 28.8 Å². The highest BCUT2D eigenvalue weighted by Crippen LogP contribution is 2.24. The minimum Gasteiger partial charge on any atom is -0.338 e. The van der Waals surface area contributed by atoms with Crippen LogP contribution in [0.4, 0.5) is 4.79 Å². The number of carbonyl (C=O) groups excluding carboxylic acids is 1. The van der Waals surface area contributed by atoms with Crippen molar-refractivity contribution in [2.24, 2.45) is 0 Å². The first kappa shape index (κ1) is 17.0. The fourth-order valence-corrected chi connectivity index (χ4v) is 2.02. The third-order valence-corrected chi connectivity index (χ3v) is 3.41. The highest BCUT2D eigenvalue weighted by atomic mass is 16.5. The van der Waals surface area contributed by atoms with Gasteiger partial charge in [0.1, 0.15) is 0 Å². The largest absolute Gasteiger partial charge is 0.338 e. The van der Waals surface area contributed by atoms with Crippen molar-refractivity contribution in [3.05, 3.63) is 35.7 Å². The molecule has 0 saturated heterocycles. The molecule has 0 fully saturated rings. The molecule has 124 valence electrons. The fraction of sp³-hybridized carbons (Fsp3) is 0.471. The number of carbonyl (C=O) groups is 1. The lowest BCUT2D eigenvalue weighted by molar-refractivity contribution is 0.238. The lowest BCUT2D eigenvalue weighted by Gasteiger charge is -2.18. The number of nitrogens with zero attached hydrogens (tertiary/aromatic N) is 2. The Bertz CT molecular complexity index is 641.